The molecule has 5 heteroatoms. The second-order valence-electron chi connectivity index (χ2n) is 2.81. The highest BCUT2D eigenvalue weighted by molar-refractivity contribution is 6.83. The van der Waals surface area contributed by atoms with E-state index in [-0.39, 0.29) is 0 Å². The lowest BCUT2D eigenvalue weighted by Gasteiger charge is -2.21. The Kier molecular flexibility index (Phi) is 2.81. The Hall–Kier alpha value is -0.466. The monoisotopic (exact) mass is 198 g/mol. The quantitative estimate of drug-likeness (QED) is 0.560. The highest BCUT2D eigenvalue weighted by atomic mass is 28.4. The molecule has 0 atom stereocenters. The maximum Gasteiger partial charge on any atom is 0.370 e. The highest BCUT2D eigenvalue weighted by Gasteiger charge is 2.27. The van der Waals surface area contributed by atoms with Crippen molar-refractivity contribution in [3.63, 3.8) is 0 Å². The van der Waals surface area contributed by atoms with Gasteiger partial charge >= 0.3 is 8.64 Å². The largest absolute Gasteiger partial charge is 0.439 e. The van der Waals surface area contributed by atoms with Gasteiger partial charge in [-0.25, -0.2) is 0 Å². The van der Waals surface area contributed by atoms with E-state index in [1.54, 1.807) is 0 Å². The van der Waals surface area contributed by atoms with Crippen LogP contribution < -0.4 is 16.0 Å². The third-order valence-corrected chi connectivity index (χ3v) is 6.01. The Morgan fingerprint density at radius 1 is 1.33 bits per heavy atom. The molecule has 0 fully saturated rings. The third kappa shape index (κ3) is 1.82. The molecular weight excluding hydrogens is 184 g/mol. The first-order valence-electron chi connectivity index (χ1n) is 3.77. The molecule has 0 bridgehead atoms. The lowest BCUT2D eigenvalue weighted by molar-refractivity contribution is 0.612. The zero-order chi connectivity index (χ0) is 9.19. The van der Waals surface area contributed by atoms with Gasteiger partial charge in [-0.2, -0.15) is 0 Å². The van der Waals surface area contributed by atoms with E-state index < -0.39 is 8.64 Å². The molecule has 0 aliphatic heterocycles. The van der Waals surface area contributed by atoms with Crippen molar-refractivity contribution >= 4 is 24.3 Å². The fourth-order valence-electron chi connectivity index (χ4n) is 1.12. The molecule has 66 valence electrons. The van der Waals surface area contributed by atoms with E-state index in [2.05, 4.69) is 0 Å². The van der Waals surface area contributed by atoms with Crippen molar-refractivity contribution in [1.29, 1.82) is 0 Å². The van der Waals surface area contributed by atoms with Crippen LogP contribution >= 0.6 is 0 Å². The van der Waals surface area contributed by atoms with E-state index >= 15 is 0 Å². The second kappa shape index (κ2) is 3.50. The van der Waals surface area contributed by atoms with Crippen LogP contribution in [0.1, 0.15) is 5.56 Å². The molecule has 0 spiro atoms. The molecule has 0 amide bonds. The van der Waals surface area contributed by atoms with Crippen molar-refractivity contribution in [2.45, 2.75) is 6.92 Å². The van der Waals surface area contributed by atoms with Crippen LogP contribution in [0.2, 0.25) is 0 Å². The molecule has 1 rings (SSSR count). The zero-order valence-electron chi connectivity index (χ0n) is 7.37. The fourth-order valence-corrected chi connectivity index (χ4v) is 3.06. The number of aryl methyl sites for hydroxylation is 1. The molecule has 1 aromatic carbocycles. The van der Waals surface area contributed by atoms with Gasteiger partial charge in [-0.15, -0.1) is 0 Å². The van der Waals surface area contributed by atoms with E-state index in [4.69, 9.17) is 14.9 Å². The normalized spacial score (nSPS) is 11.9. The minimum absolute atomic E-state index is 0.592. The Morgan fingerprint density at radius 2 is 1.92 bits per heavy atom. The van der Waals surface area contributed by atoms with Gasteiger partial charge in [0.1, 0.15) is 10.5 Å². The van der Waals surface area contributed by atoms with Crippen LogP contribution in [0.15, 0.2) is 24.3 Å². The second-order valence-corrected chi connectivity index (χ2v) is 6.57. The summed E-state index contributed by atoms with van der Waals surface area (Å²) in [6, 6.07) is 7.84. The predicted octanol–water partition coefficient (Wildman–Crippen LogP) is -1.64. The third-order valence-electron chi connectivity index (χ3n) is 1.90. The topological polar surface area (TPSA) is 61.3 Å². The van der Waals surface area contributed by atoms with Crippen LogP contribution in [-0.2, 0) is 4.12 Å². The van der Waals surface area contributed by atoms with Crippen molar-refractivity contribution < 1.29 is 4.12 Å². The van der Waals surface area contributed by atoms with Crippen LogP contribution in [0.3, 0.4) is 0 Å². The van der Waals surface area contributed by atoms with Crippen LogP contribution in [0.4, 0.5) is 0 Å². The van der Waals surface area contributed by atoms with Gasteiger partial charge in [0.25, 0.3) is 0 Å². The first-order valence-corrected chi connectivity index (χ1v) is 6.65. The van der Waals surface area contributed by atoms with Gasteiger partial charge in [0.15, 0.2) is 0 Å². The van der Waals surface area contributed by atoms with Gasteiger partial charge in [0.2, 0.25) is 0 Å². The minimum Gasteiger partial charge on any atom is -0.439 e. The van der Waals surface area contributed by atoms with E-state index in [1.165, 1.54) is 0 Å². The molecule has 0 aliphatic carbocycles. The lowest BCUT2D eigenvalue weighted by Crippen LogP contribution is -2.68. The van der Waals surface area contributed by atoms with Crippen LogP contribution in [-0.4, -0.2) is 19.1 Å². The number of hydrogen-bond donors (Lipinski definition) is 2. The summed E-state index contributed by atoms with van der Waals surface area (Å²) in [6.07, 6.45) is 0. The summed E-state index contributed by atoms with van der Waals surface area (Å²) >= 11 is 0. The van der Waals surface area contributed by atoms with Crippen LogP contribution in [0.5, 0.6) is 0 Å². The highest BCUT2D eigenvalue weighted by Crippen LogP contribution is 1.97. The van der Waals surface area contributed by atoms with Crippen molar-refractivity contribution in [1.82, 2.24) is 0 Å². The van der Waals surface area contributed by atoms with Gasteiger partial charge in [-0.1, -0.05) is 24.3 Å². The molecule has 0 aromatic heterocycles. The summed E-state index contributed by atoms with van der Waals surface area (Å²) in [5, 5.41) is 12.7. The predicted molar refractivity (Wildman–Crippen MR) is 56.0 cm³/mol. The van der Waals surface area contributed by atoms with E-state index in [0.29, 0.717) is 10.5 Å². The summed E-state index contributed by atoms with van der Waals surface area (Å²) < 4.78 is 5.24. The molecule has 0 heterocycles. The summed E-state index contributed by atoms with van der Waals surface area (Å²) in [6.45, 7) is 2.00. The molecule has 0 saturated carbocycles. The molecule has 0 unspecified atom stereocenters. The lowest BCUT2D eigenvalue weighted by atomic mass is 10.2. The Morgan fingerprint density at radius 3 is 2.42 bits per heavy atom. The van der Waals surface area contributed by atoms with Crippen molar-refractivity contribution in [2.24, 2.45) is 10.8 Å². The molecule has 3 nitrogen and oxygen atoms in total. The van der Waals surface area contributed by atoms with Gasteiger partial charge in [-0.05, 0) is 17.7 Å². The Labute approximate surface area is 76.5 Å². The van der Waals surface area contributed by atoms with Gasteiger partial charge in [-0.3, -0.25) is 0 Å². The van der Waals surface area contributed by atoms with Crippen molar-refractivity contribution in [3.05, 3.63) is 29.8 Å². The minimum atomic E-state index is -2.54. The standard InChI is InChI=1S/C7H14N2OSi2/c1-6-4-2-3-5-7(6)12(8,9)10-11/h2-5H,8-9H2,1,11H3. The molecular formula is C7H14N2OSi2. The Balaban J connectivity index is 3.10. The van der Waals surface area contributed by atoms with E-state index in [0.717, 1.165) is 10.8 Å². The average molecular weight is 198 g/mol. The number of rotatable bonds is 2. The smallest absolute Gasteiger partial charge is 0.370 e. The summed E-state index contributed by atoms with van der Waals surface area (Å²) in [5.41, 5.74) is 1.12. The molecule has 4 N–H and O–H groups in total. The number of hydrogen-bond acceptors (Lipinski definition) is 3. The van der Waals surface area contributed by atoms with Gasteiger partial charge < -0.3 is 14.9 Å². The van der Waals surface area contributed by atoms with Gasteiger partial charge in [0.05, 0.1) is 0 Å². The van der Waals surface area contributed by atoms with E-state index in [9.17, 15) is 0 Å². The van der Waals surface area contributed by atoms with Crippen LogP contribution in [0, 0.1) is 6.92 Å². The SMILES string of the molecule is Cc1ccccc1[Si](N)(N)O[SiH3]. The molecule has 0 aliphatic rings. The number of nitrogens with two attached hydrogens (primary N) is 2. The molecule has 1 aromatic rings. The average Bonchev–Trinajstić information content (AvgIpc) is 2.05. The van der Waals surface area contributed by atoms with Gasteiger partial charge in [0, 0.05) is 0 Å². The van der Waals surface area contributed by atoms with Crippen molar-refractivity contribution in [3.8, 4) is 0 Å². The maximum absolute atomic E-state index is 5.87. The summed E-state index contributed by atoms with van der Waals surface area (Å²) in [5.74, 6) is 0. The first-order chi connectivity index (χ1) is 5.58. The summed E-state index contributed by atoms with van der Waals surface area (Å²) in [7, 11) is -1.94. The Bertz CT molecular complexity index is 278. The summed E-state index contributed by atoms with van der Waals surface area (Å²) in [4.78, 5) is 0. The van der Waals surface area contributed by atoms with E-state index in [1.807, 2.05) is 31.2 Å². The molecule has 12 heavy (non-hydrogen) atoms. The first kappa shape index (κ1) is 9.62. The fraction of sp³-hybridized carbons (Fsp3) is 0.143. The van der Waals surface area contributed by atoms with Crippen LogP contribution in [0.25, 0.3) is 0 Å². The molecule has 0 radical (unpaired) electrons. The number of benzene rings is 1. The zero-order valence-corrected chi connectivity index (χ0v) is 10.4. The van der Waals surface area contributed by atoms with Crippen molar-refractivity contribution in [2.75, 3.05) is 0 Å². The molecule has 0 saturated heterocycles. The maximum atomic E-state index is 5.87.